The molecule has 1 N–H and O–H groups in total. The van der Waals surface area contributed by atoms with Gasteiger partial charge < -0.3 is 14.8 Å². The van der Waals surface area contributed by atoms with Gasteiger partial charge in [-0.05, 0) is 30.3 Å². The fourth-order valence-electron chi connectivity index (χ4n) is 2.40. The lowest BCUT2D eigenvalue weighted by Crippen LogP contribution is -2.19. The summed E-state index contributed by atoms with van der Waals surface area (Å²) in [5.41, 5.74) is 0.930. The highest BCUT2D eigenvalue weighted by Crippen LogP contribution is 2.36. The first-order chi connectivity index (χ1) is 12.1. The number of ketones is 1. The highest BCUT2D eigenvalue weighted by atomic mass is 35.5. The second kappa shape index (κ2) is 7.24. The Hall–Kier alpha value is -3.04. The van der Waals surface area contributed by atoms with E-state index in [0.29, 0.717) is 35.3 Å². The van der Waals surface area contributed by atoms with Crippen LogP contribution >= 0.6 is 11.6 Å². The molecule has 0 saturated carbocycles. The van der Waals surface area contributed by atoms with E-state index in [0.717, 1.165) is 0 Å². The van der Waals surface area contributed by atoms with Gasteiger partial charge in [-0.15, -0.1) is 0 Å². The van der Waals surface area contributed by atoms with Crippen molar-refractivity contribution >= 4 is 29.0 Å². The zero-order valence-corrected chi connectivity index (χ0v) is 13.8. The maximum absolute atomic E-state index is 12.8. The molecule has 7 heteroatoms. The smallest absolute Gasteiger partial charge is 0.238 e. The van der Waals surface area contributed by atoms with Gasteiger partial charge in [-0.25, -0.2) is 0 Å². The zero-order valence-electron chi connectivity index (χ0n) is 13.0. The number of carbonyl (C=O) groups excluding carboxylic acids is 2. The van der Waals surface area contributed by atoms with Crippen LogP contribution in [0, 0.1) is 11.3 Å². The highest BCUT2D eigenvalue weighted by molar-refractivity contribution is 6.30. The van der Waals surface area contributed by atoms with E-state index in [2.05, 4.69) is 5.32 Å². The molecule has 0 atom stereocenters. The Bertz CT molecular complexity index is 872. The van der Waals surface area contributed by atoms with Crippen molar-refractivity contribution < 1.29 is 19.1 Å². The number of carbonyl (C=O) groups is 2. The first-order valence-corrected chi connectivity index (χ1v) is 7.87. The Balaban J connectivity index is 2.03. The van der Waals surface area contributed by atoms with Gasteiger partial charge in [-0.1, -0.05) is 11.6 Å². The molecule has 126 valence electrons. The summed E-state index contributed by atoms with van der Waals surface area (Å²) >= 11 is 5.86. The topological polar surface area (TPSA) is 88.4 Å². The van der Waals surface area contributed by atoms with Crippen LogP contribution in [0.15, 0.2) is 36.4 Å². The number of hydrogen-bond acceptors (Lipinski definition) is 5. The molecule has 1 heterocycles. The fourth-order valence-corrected chi connectivity index (χ4v) is 2.53. The number of amides is 1. The fraction of sp³-hybridized carbons (Fsp3) is 0.167. The second-order valence-electron chi connectivity index (χ2n) is 5.26. The third-order valence-corrected chi connectivity index (χ3v) is 3.80. The number of rotatable bonds is 4. The summed E-state index contributed by atoms with van der Waals surface area (Å²) in [7, 11) is 0. The first-order valence-electron chi connectivity index (χ1n) is 7.49. The van der Waals surface area contributed by atoms with Crippen molar-refractivity contribution in [3.05, 3.63) is 52.5 Å². The monoisotopic (exact) mass is 356 g/mol. The molecule has 6 nitrogen and oxygen atoms in total. The molecule has 2 aromatic rings. The van der Waals surface area contributed by atoms with E-state index in [1.54, 1.807) is 30.3 Å². The van der Waals surface area contributed by atoms with Crippen LogP contribution < -0.4 is 14.8 Å². The molecular formula is C18H13ClN2O4. The number of anilines is 1. The van der Waals surface area contributed by atoms with Crippen molar-refractivity contribution in [3.63, 3.8) is 0 Å². The molecule has 0 aliphatic carbocycles. The molecule has 1 aliphatic rings. The van der Waals surface area contributed by atoms with Gasteiger partial charge in [0.15, 0.2) is 17.3 Å². The van der Waals surface area contributed by atoms with Crippen LogP contribution in [-0.4, -0.2) is 24.9 Å². The normalized spacial score (nSPS) is 12.2. The Morgan fingerprint density at radius 3 is 2.40 bits per heavy atom. The molecule has 2 aromatic carbocycles. The summed E-state index contributed by atoms with van der Waals surface area (Å²) in [6.45, 7) is 0.755. The number of nitrogens with one attached hydrogen (secondary N) is 1. The number of benzene rings is 2. The maximum atomic E-state index is 12.8. The molecule has 0 aromatic heterocycles. The van der Waals surface area contributed by atoms with Crippen LogP contribution in [0.1, 0.15) is 22.3 Å². The highest BCUT2D eigenvalue weighted by Gasteiger charge is 2.22. The summed E-state index contributed by atoms with van der Waals surface area (Å²) in [6, 6.07) is 11.3. The molecular weight excluding hydrogens is 344 g/mol. The molecule has 0 fully saturated rings. The van der Waals surface area contributed by atoms with Crippen LogP contribution in [-0.2, 0) is 4.79 Å². The summed E-state index contributed by atoms with van der Waals surface area (Å²) in [4.78, 5) is 24.6. The summed E-state index contributed by atoms with van der Waals surface area (Å²) < 4.78 is 11.0. The second-order valence-corrected chi connectivity index (χ2v) is 5.70. The standard InChI is InChI=1S/C18H13ClN2O4/c19-12-3-1-11(2-4-12)18(23)13-9-15-16(25-8-7-24-15)10-14(13)21-17(22)5-6-20/h1-4,9-10H,5,7-8H2,(H,21,22). The van der Waals surface area contributed by atoms with Gasteiger partial charge in [0.25, 0.3) is 0 Å². The molecule has 1 amide bonds. The van der Waals surface area contributed by atoms with Crippen LogP contribution in [0.5, 0.6) is 11.5 Å². The molecule has 0 bridgehead atoms. The van der Waals surface area contributed by atoms with Gasteiger partial charge in [-0.3, -0.25) is 9.59 Å². The number of nitriles is 1. The lowest BCUT2D eigenvalue weighted by atomic mass is 10.0. The third-order valence-electron chi connectivity index (χ3n) is 3.55. The quantitative estimate of drug-likeness (QED) is 0.850. The van der Waals surface area contributed by atoms with Gasteiger partial charge in [0, 0.05) is 16.7 Å². The number of halogens is 1. The van der Waals surface area contributed by atoms with Crippen LogP contribution in [0.2, 0.25) is 5.02 Å². The predicted molar refractivity (Wildman–Crippen MR) is 91.2 cm³/mol. The number of ether oxygens (including phenoxy) is 2. The van der Waals surface area contributed by atoms with Gasteiger partial charge in [0.1, 0.15) is 19.6 Å². The van der Waals surface area contributed by atoms with E-state index in [9.17, 15) is 9.59 Å². The van der Waals surface area contributed by atoms with Crippen molar-refractivity contribution in [2.24, 2.45) is 0 Å². The average Bonchev–Trinajstić information content (AvgIpc) is 2.61. The Labute approximate surface area is 148 Å². The van der Waals surface area contributed by atoms with E-state index < -0.39 is 5.91 Å². The van der Waals surface area contributed by atoms with Crippen molar-refractivity contribution in [1.82, 2.24) is 0 Å². The molecule has 1 aliphatic heterocycles. The Morgan fingerprint density at radius 2 is 1.76 bits per heavy atom. The lowest BCUT2D eigenvalue weighted by Gasteiger charge is -2.21. The summed E-state index contributed by atoms with van der Waals surface area (Å²) in [5.74, 6) is 0.0539. The summed E-state index contributed by atoms with van der Waals surface area (Å²) in [6.07, 6.45) is -0.316. The van der Waals surface area contributed by atoms with Gasteiger partial charge >= 0.3 is 0 Å². The van der Waals surface area contributed by atoms with Crippen molar-refractivity contribution in [3.8, 4) is 17.6 Å². The zero-order chi connectivity index (χ0) is 17.8. The Morgan fingerprint density at radius 1 is 1.12 bits per heavy atom. The van der Waals surface area contributed by atoms with Crippen LogP contribution in [0.3, 0.4) is 0 Å². The maximum Gasteiger partial charge on any atom is 0.238 e. The minimum Gasteiger partial charge on any atom is -0.486 e. The van der Waals surface area contributed by atoms with Gasteiger partial charge in [-0.2, -0.15) is 5.26 Å². The third kappa shape index (κ3) is 3.73. The predicted octanol–water partition coefficient (Wildman–Crippen LogP) is 3.19. The lowest BCUT2D eigenvalue weighted by molar-refractivity contribution is -0.115. The van der Waals surface area contributed by atoms with E-state index in [1.807, 2.05) is 0 Å². The van der Waals surface area contributed by atoms with Gasteiger partial charge in [0.05, 0.1) is 17.3 Å². The van der Waals surface area contributed by atoms with E-state index in [4.69, 9.17) is 26.3 Å². The van der Waals surface area contributed by atoms with Crippen LogP contribution in [0.4, 0.5) is 5.69 Å². The van der Waals surface area contributed by atoms with E-state index >= 15 is 0 Å². The van der Waals surface area contributed by atoms with E-state index in [-0.39, 0.29) is 23.5 Å². The first kappa shape index (κ1) is 16.8. The van der Waals surface area contributed by atoms with Gasteiger partial charge in [0.2, 0.25) is 5.91 Å². The van der Waals surface area contributed by atoms with Crippen LogP contribution in [0.25, 0.3) is 0 Å². The molecule has 0 spiro atoms. The SMILES string of the molecule is N#CCC(=O)Nc1cc2c(cc1C(=O)c1ccc(Cl)cc1)OCCO2. The van der Waals surface area contributed by atoms with Crippen molar-refractivity contribution in [1.29, 1.82) is 5.26 Å². The number of nitrogens with zero attached hydrogens (tertiary/aromatic N) is 1. The molecule has 25 heavy (non-hydrogen) atoms. The molecule has 0 saturated heterocycles. The largest absolute Gasteiger partial charge is 0.486 e. The minimum absolute atomic E-state index is 0.248. The number of fused-ring (bicyclic) bond motifs is 1. The molecule has 3 rings (SSSR count). The molecule has 0 radical (unpaired) electrons. The minimum atomic E-state index is -0.510. The average molecular weight is 357 g/mol. The van der Waals surface area contributed by atoms with Crippen molar-refractivity contribution in [2.75, 3.05) is 18.5 Å². The van der Waals surface area contributed by atoms with E-state index in [1.165, 1.54) is 12.1 Å². The summed E-state index contributed by atoms with van der Waals surface area (Å²) in [5, 5.41) is 11.7. The molecule has 0 unspecified atom stereocenters. The Kier molecular flexibility index (Phi) is 4.87. The number of hydrogen-bond donors (Lipinski definition) is 1. The van der Waals surface area contributed by atoms with Crippen molar-refractivity contribution in [2.45, 2.75) is 6.42 Å².